The predicted molar refractivity (Wildman–Crippen MR) is 99.1 cm³/mol. The van der Waals surface area contributed by atoms with Gasteiger partial charge >= 0.3 is 0 Å². The van der Waals surface area contributed by atoms with E-state index in [1.165, 1.54) is 0 Å². The van der Waals surface area contributed by atoms with E-state index in [0.29, 0.717) is 37.9 Å². The molecule has 27 heavy (non-hydrogen) atoms. The summed E-state index contributed by atoms with van der Waals surface area (Å²) in [6.07, 6.45) is 4.04. The van der Waals surface area contributed by atoms with Crippen LogP contribution in [0.2, 0.25) is 0 Å². The van der Waals surface area contributed by atoms with Crippen molar-refractivity contribution < 1.29 is 14.1 Å². The minimum Gasteiger partial charge on any atom is -0.379 e. The minimum atomic E-state index is -0.357. The van der Waals surface area contributed by atoms with E-state index in [0.717, 1.165) is 18.7 Å². The lowest BCUT2D eigenvalue weighted by atomic mass is 10.1. The summed E-state index contributed by atoms with van der Waals surface area (Å²) in [5.74, 6) is 1.49. The fraction of sp³-hybridized carbons (Fsp3) is 0.579. The van der Waals surface area contributed by atoms with Crippen molar-refractivity contribution in [2.24, 2.45) is 0 Å². The van der Waals surface area contributed by atoms with Crippen molar-refractivity contribution in [3.63, 3.8) is 0 Å². The van der Waals surface area contributed by atoms with E-state index in [4.69, 9.17) is 9.26 Å². The number of likely N-dealkylation sites (N-methyl/N-ethyl adjacent to an activating group) is 1. The summed E-state index contributed by atoms with van der Waals surface area (Å²) in [5, 5.41) is 4.00. The average molecular weight is 373 g/mol. The first-order chi connectivity index (χ1) is 13.1. The van der Waals surface area contributed by atoms with Crippen LogP contribution >= 0.6 is 0 Å². The molecule has 1 atom stereocenters. The molecule has 0 saturated carbocycles. The van der Waals surface area contributed by atoms with Gasteiger partial charge in [0.2, 0.25) is 11.8 Å². The molecule has 0 spiro atoms. The molecule has 1 aliphatic rings. The molecular formula is C19H27N5O3. The minimum absolute atomic E-state index is 0.0393. The third-order valence-electron chi connectivity index (χ3n) is 4.67. The molecule has 2 aromatic rings. The molecule has 1 aliphatic heterocycles. The second-order valence-corrected chi connectivity index (χ2v) is 7.05. The number of nitrogens with zero attached hydrogens (tertiary/aromatic N) is 5. The second-order valence-electron chi connectivity index (χ2n) is 7.05. The third-order valence-corrected chi connectivity index (χ3v) is 4.67. The van der Waals surface area contributed by atoms with E-state index in [9.17, 15) is 4.79 Å². The Balaban J connectivity index is 1.68. The van der Waals surface area contributed by atoms with E-state index in [1.54, 1.807) is 17.3 Å². The van der Waals surface area contributed by atoms with Crippen molar-refractivity contribution in [1.29, 1.82) is 0 Å². The zero-order chi connectivity index (χ0) is 19.2. The zero-order valence-corrected chi connectivity index (χ0v) is 16.2. The maximum absolute atomic E-state index is 13.2. The van der Waals surface area contributed by atoms with Crippen molar-refractivity contribution in [3.8, 4) is 0 Å². The Labute approximate surface area is 159 Å². The Morgan fingerprint density at radius 3 is 2.74 bits per heavy atom. The smallest absolute Gasteiger partial charge is 0.244 e. The van der Waals surface area contributed by atoms with Crippen LogP contribution in [0.4, 0.5) is 0 Å². The van der Waals surface area contributed by atoms with Crippen molar-refractivity contribution in [3.05, 3.63) is 41.8 Å². The molecule has 3 rings (SSSR count). The van der Waals surface area contributed by atoms with Gasteiger partial charge in [-0.1, -0.05) is 25.1 Å². The van der Waals surface area contributed by atoms with Crippen LogP contribution in [0.25, 0.3) is 0 Å². The van der Waals surface area contributed by atoms with Crippen LogP contribution in [0.15, 0.2) is 29.0 Å². The largest absolute Gasteiger partial charge is 0.379 e. The lowest BCUT2D eigenvalue weighted by molar-refractivity contribution is -0.137. The molecule has 0 aromatic carbocycles. The monoisotopic (exact) mass is 373 g/mol. The Kier molecular flexibility index (Phi) is 6.52. The standard InChI is InChI=1S/C19H27N5O3/c1-14(2)18-21-16(22-27-18)6-8-23(3)19(25)17(15-5-4-7-20-13-15)24-9-11-26-12-10-24/h4-5,7,13-14,17H,6,8-12H2,1-3H3. The van der Waals surface area contributed by atoms with Crippen LogP contribution in [0.5, 0.6) is 0 Å². The maximum Gasteiger partial charge on any atom is 0.244 e. The highest BCUT2D eigenvalue weighted by molar-refractivity contribution is 5.83. The highest BCUT2D eigenvalue weighted by Crippen LogP contribution is 2.23. The van der Waals surface area contributed by atoms with Crippen LogP contribution < -0.4 is 0 Å². The van der Waals surface area contributed by atoms with Gasteiger partial charge in [-0.2, -0.15) is 4.98 Å². The van der Waals surface area contributed by atoms with Gasteiger partial charge in [0.15, 0.2) is 5.82 Å². The molecule has 0 N–H and O–H groups in total. The molecule has 0 bridgehead atoms. The summed E-state index contributed by atoms with van der Waals surface area (Å²) in [7, 11) is 1.82. The van der Waals surface area contributed by atoms with Crippen molar-refractivity contribution in [2.75, 3.05) is 39.9 Å². The lowest BCUT2D eigenvalue weighted by Crippen LogP contribution is -2.46. The van der Waals surface area contributed by atoms with Gasteiger partial charge in [0.1, 0.15) is 6.04 Å². The molecule has 0 aliphatic carbocycles. The van der Waals surface area contributed by atoms with Crippen LogP contribution in [0.3, 0.4) is 0 Å². The fourth-order valence-electron chi connectivity index (χ4n) is 3.07. The van der Waals surface area contributed by atoms with Gasteiger partial charge in [0.05, 0.1) is 13.2 Å². The number of carbonyl (C=O) groups excluding carboxylic acids is 1. The highest BCUT2D eigenvalue weighted by atomic mass is 16.5. The number of hydrogen-bond donors (Lipinski definition) is 0. The summed E-state index contributed by atoms with van der Waals surface area (Å²) >= 11 is 0. The van der Waals surface area contributed by atoms with Crippen LogP contribution in [0, 0.1) is 0 Å². The fourth-order valence-corrected chi connectivity index (χ4v) is 3.07. The molecule has 1 amide bonds. The first kappa shape index (κ1) is 19.4. The van der Waals surface area contributed by atoms with Crippen LogP contribution in [-0.4, -0.2) is 70.7 Å². The molecule has 146 valence electrons. The van der Waals surface area contributed by atoms with Gasteiger partial charge in [-0.3, -0.25) is 14.7 Å². The summed E-state index contributed by atoms with van der Waals surface area (Å²) in [4.78, 5) is 25.7. The number of hydrogen-bond acceptors (Lipinski definition) is 7. The van der Waals surface area contributed by atoms with Gasteiger partial charge < -0.3 is 14.2 Å². The molecule has 0 radical (unpaired) electrons. The molecule has 1 unspecified atom stereocenters. The molecule has 1 fully saturated rings. The van der Waals surface area contributed by atoms with Gasteiger partial charge in [-0.15, -0.1) is 0 Å². The van der Waals surface area contributed by atoms with E-state index in [1.807, 2.05) is 33.0 Å². The van der Waals surface area contributed by atoms with Crippen molar-refractivity contribution in [1.82, 2.24) is 24.9 Å². The number of aromatic nitrogens is 3. The Morgan fingerprint density at radius 1 is 1.33 bits per heavy atom. The van der Waals surface area contributed by atoms with Gasteiger partial charge in [0, 0.05) is 51.4 Å². The SMILES string of the molecule is CC(C)c1nc(CCN(C)C(=O)C(c2cccnc2)N2CCOCC2)no1. The topological polar surface area (TPSA) is 84.6 Å². The number of carbonyl (C=O) groups is 1. The lowest BCUT2D eigenvalue weighted by Gasteiger charge is -2.35. The third kappa shape index (κ3) is 4.90. The quantitative estimate of drug-likeness (QED) is 0.730. The second kappa shape index (κ2) is 9.05. The van der Waals surface area contributed by atoms with Crippen molar-refractivity contribution in [2.45, 2.75) is 32.2 Å². The number of rotatable bonds is 7. The summed E-state index contributed by atoms with van der Waals surface area (Å²) < 4.78 is 10.7. The zero-order valence-electron chi connectivity index (χ0n) is 16.2. The molecule has 8 heteroatoms. The molecule has 2 aromatic heterocycles. The first-order valence-electron chi connectivity index (χ1n) is 9.35. The predicted octanol–water partition coefficient (Wildman–Crippen LogP) is 1.66. The van der Waals surface area contributed by atoms with E-state index < -0.39 is 0 Å². The number of amides is 1. The van der Waals surface area contributed by atoms with Crippen LogP contribution in [-0.2, 0) is 16.0 Å². The molecular weight excluding hydrogens is 346 g/mol. The Hall–Kier alpha value is -2.32. The molecule has 8 nitrogen and oxygen atoms in total. The van der Waals surface area contributed by atoms with Gasteiger partial charge in [-0.25, -0.2) is 0 Å². The maximum atomic E-state index is 13.2. The summed E-state index contributed by atoms with van der Waals surface area (Å²) in [6, 6.07) is 3.46. The van der Waals surface area contributed by atoms with E-state index in [-0.39, 0.29) is 17.9 Å². The summed E-state index contributed by atoms with van der Waals surface area (Å²) in [5.41, 5.74) is 0.901. The number of ether oxygens (including phenoxy) is 1. The van der Waals surface area contributed by atoms with Gasteiger partial charge in [-0.05, 0) is 11.6 Å². The Morgan fingerprint density at radius 2 is 2.11 bits per heavy atom. The number of morpholine rings is 1. The summed E-state index contributed by atoms with van der Waals surface area (Å²) in [6.45, 7) is 7.26. The Bertz CT molecular complexity index is 728. The average Bonchev–Trinajstić information content (AvgIpc) is 3.17. The van der Waals surface area contributed by atoms with Crippen molar-refractivity contribution >= 4 is 5.91 Å². The van der Waals surface area contributed by atoms with Crippen LogP contribution in [0.1, 0.15) is 43.1 Å². The van der Waals surface area contributed by atoms with E-state index in [2.05, 4.69) is 20.0 Å². The number of pyridine rings is 1. The normalized spacial score (nSPS) is 16.4. The molecule has 1 saturated heterocycles. The highest BCUT2D eigenvalue weighted by Gasteiger charge is 2.31. The van der Waals surface area contributed by atoms with Gasteiger partial charge in [0.25, 0.3) is 0 Å². The first-order valence-corrected chi connectivity index (χ1v) is 9.35. The molecule has 3 heterocycles. The van der Waals surface area contributed by atoms with E-state index >= 15 is 0 Å².